The van der Waals surface area contributed by atoms with Gasteiger partial charge in [0.15, 0.2) is 0 Å². The molecule has 0 aliphatic carbocycles. The van der Waals surface area contributed by atoms with Crippen molar-refractivity contribution in [1.29, 1.82) is 0 Å². The second kappa shape index (κ2) is 6.24. The molecule has 1 aromatic carbocycles. The van der Waals surface area contributed by atoms with Crippen molar-refractivity contribution in [2.45, 2.75) is 25.9 Å². The summed E-state index contributed by atoms with van der Waals surface area (Å²) in [4.78, 5) is 22.2. The summed E-state index contributed by atoms with van der Waals surface area (Å²) < 4.78 is 13.4. The molecule has 7 heteroatoms. The number of rotatable bonds is 6. The SMILES string of the molecule is CCC(C(=O)O)N(C)Cc1ccc([N+](=O)[O-])c(F)c1. The van der Waals surface area contributed by atoms with E-state index in [1.54, 1.807) is 18.9 Å². The minimum Gasteiger partial charge on any atom is -0.480 e. The third kappa shape index (κ3) is 3.72. The van der Waals surface area contributed by atoms with Crippen LogP contribution in [0.2, 0.25) is 0 Å². The van der Waals surface area contributed by atoms with E-state index in [4.69, 9.17) is 5.11 Å². The summed E-state index contributed by atoms with van der Waals surface area (Å²) in [5.41, 5.74) is -0.0954. The van der Waals surface area contributed by atoms with Gasteiger partial charge in [0.25, 0.3) is 0 Å². The fourth-order valence-electron chi connectivity index (χ4n) is 1.87. The molecule has 1 unspecified atom stereocenters. The van der Waals surface area contributed by atoms with E-state index in [1.807, 2.05) is 0 Å². The molecule has 0 radical (unpaired) electrons. The van der Waals surface area contributed by atoms with Crippen LogP contribution in [0.25, 0.3) is 0 Å². The Morgan fingerprint density at radius 1 is 1.58 bits per heavy atom. The van der Waals surface area contributed by atoms with Crippen molar-refractivity contribution < 1.29 is 19.2 Å². The van der Waals surface area contributed by atoms with Gasteiger partial charge in [-0.05, 0) is 25.1 Å². The smallest absolute Gasteiger partial charge is 0.320 e. The number of halogens is 1. The molecule has 1 atom stereocenters. The van der Waals surface area contributed by atoms with Crippen molar-refractivity contribution in [1.82, 2.24) is 4.90 Å². The molecular weight excluding hydrogens is 255 g/mol. The van der Waals surface area contributed by atoms with Gasteiger partial charge in [0.05, 0.1) is 4.92 Å². The quantitative estimate of drug-likeness (QED) is 0.631. The Hall–Kier alpha value is -2.02. The lowest BCUT2D eigenvalue weighted by Crippen LogP contribution is -2.37. The number of carboxylic acids is 1. The first-order valence-corrected chi connectivity index (χ1v) is 5.72. The van der Waals surface area contributed by atoms with Crippen LogP contribution in [0.1, 0.15) is 18.9 Å². The van der Waals surface area contributed by atoms with Crippen LogP contribution in [0.4, 0.5) is 10.1 Å². The number of hydrogen-bond acceptors (Lipinski definition) is 4. The summed E-state index contributed by atoms with van der Waals surface area (Å²) in [6.45, 7) is 1.95. The van der Waals surface area contributed by atoms with E-state index in [0.717, 1.165) is 12.1 Å². The molecule has 6 nitrogen and oxygen atoms in total. The molecule has 0 saturated heterocycles. The first-order chi connectivity index (χ1) is 8.86. The first kappa shape index (κ1) is 15.0. The summed E-state index contributed by atoms with van der Waals surface area (Å²) >= 11 is 0. The van der Waals surface area contributed by atoms with Crippen LogP contribution in [0.3, 0.4) is 0 Å². The van der Waals surface area contributed by atoms with E-state index in [1.165, 1.54) is 6.07 Å². The minimum atomic E-state index is -0.951. The van der Waals surface area contributed by atoms with E-state index >= 15 is 0 Å². The predicted octanol–water partition coefficient (Wildman–Crippen LogP) is 2.03. The number of carbonyl (C=O) groups is 1. The molecule has 1 N–H and O–H groups in total. The molecule has 1 rings (SSSR count). The Labute approximate surface area is 109 Å². The Morgan fingerprint density at radius 2 is 2.21 bits per heavy atom. The third-order valence-electron chi connectivity index (χ3n) is 2.84. The zero-order valence-electron chi connectivity index (χ0n) is 10.7. The summed E-state index contributed by atoms with van der Waals surface area (Å²) in [6.07, 6.45) is 0.418. The number of aliphatic carboxylic acids is 1. The van der Waals surface area contributed by atoms with Crippen molar-refractivity contribution in [3.8, 4) is 0 Å². The van der Waals surface area contributed by atoms with Crippen LogP contribution in [0.5, 0.6) is 0 Å². The lowest BCUT2D eigenvalue weighted by atomic mass is 10.1. The van der Waals surface area contributed by atoms with Gasteiger partial charge in [-0.1, -0.05) is 13.0 Å². The van der Waals surface area contributed by atoms with Gasteiger partial charge < -0.3 is 5.11 Å². The van der Waals surface area contributed by atoms with Gasteiger partial charge >= 0.3 is 11.7 Å². The standard InChI is InChI=1S/C12H15FN2O4/c1-3-10(12(16)17)14(2)7-8-4-5-11(15(18)19)9(13)6-8/h4-6,10H,3,7H2,1-2H3,(H,16,17). The Morgan fingerprint density at radius 3 is 2.63 bits per heavy atom. The highest BCUT2D eigenvalue weighted by Gasteiger charge is 2.21. The Bertz CT molecular complexity index is 493. The minimum absolute atomic E-state index is 0.208. The summed E-state index contributed by atoms with van der Waals surface area (Å²) in [7, 11) is 1.61. The number of carboxylic acid groups (broad SMARTS) is 1. The van der Waals surface area contributed by atoms with Crippen LogP contribution in [-0.4, -0.2) is 34.0 Å². The van der Waals surface area contributed by atoms with E-state index in [-0.39, 0.29) is 6.54 Å². The highest BCUT2D eigenvalue weighted by atomic mass is 19.1. The van der Waals surface area contributed by atoms with Crippen molar-refractivity contribution >= 4 is 11.7 Å². The third-order valence-corrected chi connectivity index (χ3v) is 2.84. The number of hydrogen-bond donors (Lipinski definition) is 1. The van der Waals surface area contributed by atoms with Crippen molar-refractivity contribution in [2.24, 2.45) is 0 Å². The Balaban J connectivity index is 2.86. The molecule has 19 heavy (non-hydrogen) atoms. The Kier molecular flexibility index (Phi) is 4.94. The second-order valence-electron chi connectivity index (χ2n) is 4.22. The van der Waals surface area contributed by atoms with Gasteiger partial charge in [-0.25, -0.2) is 0 Å². The monoisotopic (exact) mass is 270 g/mol. The van der Waals surface area contributed by atoms with Crippen LogP contribution < -0.4 is 0 Å². The molecule has 0 amide bonds. The van der Waals surface area contributed by atoms with Crippen LogP contribution >= 0.6 is 0 Å². The summed E-state index contributed by atoms with van der Waals surface area (Å²) in [5, 5.41) is 19.5. The fraction of sp³-hybridized carbons (Fsp3) is 0.417. The van der Waals surface area contributed by atoms with E-state index < -0.39 is 28.4 Å². The zero-order valence-corrected chi connectivity index (χ0v) is 10.7. The largest absolute Gasteiger partial charge is 0.480 e. The molecule has 0 aliphatic heterocycles. The summed E-state index contributed by atoms with van der Waals surface area (Å²) in [5.74, 6) is -1.87. The van der Waals surface area contributed by atoms with Gasteiger partial charge in [0, 0.05) is 12.6 Å². The lowest BCUT2D eigenvalue weighted by Gasteiger charge is -2.23. The number of benzene rings is 1. The molecule has 0 aliphatic rings. The molecule has 1 aromatic rings. The average molecular weight is 270 g/mol. The number of nitrogens with zero attached hydrogens (tertiary/aromatic N) is 2. The van der Waals surface area contributed by atoms with Gasteiger partial charge in [0.1, 0.15) is 6.04 Å². The normalized spacial score (nSPS) is 12.4. The number of likely N-dealkylation sites (N-methyl/N-ethyl adjacent to an activating group) is 1. The van der Waals surface area contributed by atoms with Gasteiger partial charge in [0.2, 0.25) is 5.82 Å². The highest BCUT2D eigenvalue weighted by molar-refractivity contribution is 5.73. The highest BCUT2D eigenvalue weighted by Crippen LogP contribution is 2.19. The van der Waals surface area contributed by atoms with E-state index in [9.17, 15) is 19.3 Å². The fourth-order valence-corrected chi connectivity index (χ4v) is 1.87. The average Bonchev–Trinajstić information content (AvgIpc) is 2.28. The van der Waals surface area contributed by atoms with E-state index in [2.05, 4.69) is 0 Å². The topological polar surface area (TPSA) is 83.7 Å². The first-order valence-electron chi connectivity index (χ1n) is 5.72. The molecular formula is C12H15FN2O4. The van der Waals surface area contributed by atoms with Crippen molar-refractivity contribution in [3.05, 3.63) is 39.7 Å². The maximum atomic E-state index is 13.4. The van der Waals surface area contributed by atoms with Gasteiger partial charge in [-0.2, -0.15) is 4.39 Å². The lowest BCUT2D eigenvalue weighted by molar-refractivity contribution is -0.387. The molecule has 0 aromatic heterocycles. The van der Waals surface area contributed by atoms with Gasteiger partial charge in [-0.15, -0.1) is 0 Å². The molecule has 104 valence electrons. The predicted molar refractivity (Wildman–Crippen MR) is 66.2 cm³/mol. The van der Waals surface area contributed by atoms with Crippen LogP contribution in [0.15, 0.2) is 18.2 Å². The molecule has 0 heterocycles. The maximum absolute atomic E-state index is 13.4. The van der Waals surface area contributed by atoms with Gasteiger partial charge in [-0.3, -0.25) is 19.8 Å². The maximum Gasteiger partial charge on any atom is 0.320 e. The van der Waals surface area contributed by atoms with Crippen molar-refractivity contribution in [2.75, 3.05) is 7.05 Å². The van der Waals surface area contributed by atoms with Crippen LogP contribution in [0, 0.1) is 15.9 Å². The molecule has 0 bridgehead atoms. The van der Waals surface area contributed by atoms with Crippen molar-refractivity contribution in [3.63, 3.8) is 0 Å². The zero-order chi connectivity index (χ0) is 14.6. The molecule has 0 saturated carbocycles. The number of nitro groups is 1. The van der Waals surface area contributed by atoms with E-state index in [0.29, 0.717) is 12.0 Å². The van der Waals surface area contributed by atoms with Crippen LogP contribution in [-0.2, 0) is 11.3 Å². The summed E-state index contributed by atoms with van der Waals surface area (Å²) in [6, 6.07) is 2.90. The second-order valence-corrected chi connectivity index (χ2v) is 4.22. The molecule has 0 spiro atoms. The molecule has 0 fully saturated rings. The number of nitro benzene ring substituents is 1.